The van der Waals surface area contributed by atoms with E-state index in [1.165, 1.54) is 30.6 Å². The van der Waals surface area contributed by atoms with Crippen molar-refractivity contribution >= 4 is 59.1 Å². The molecule has 440 valence electrons. The molecule has 31 nitrogen and oxygen atoms in total. The Bertz CT molecular complexity index is 2180. The third-order valence-corrected chi connectivity index (χ3v) is 14.4. The van der Waals surface area contributed by atoms with Crippen molar-refractivity contribution in [3.8, 4) is 0 Å². The zero-order valence-electron chi connectivity index (χ0n) is 44.4. The standard InChI is InChI=1S/C47H77N11O20/c1-20(39(48)68)50-42(71)27-11-8-14-57(27)45(74)28-12-9-15-58(28)44(73)21(2)51-43(72)32(55-40(69)25(17-59)54-31(64)16-49-41(70)26-10-7-13-56(26)6)22(3)75-47-34(53-24(5)63)38(36(66)30(19-61)77-47)78-46-33(52-23(4)62)37(67)35(65)29(18-60)76-46/h20-22,25-30,32-38,46-47,59-61,65-67H,7-19H2,1-6H3,(H2,48,68)(H,49,70)(H,50,71)(H,51,72)(H,52,62)(H,53,63)(H,54,64)(H,55,69)/t20?,21?,22?,25?,26?,27?,28?,29?,30?,32?,33-,34-,35+,36+,37?,38?,46+,47-/m1/s1. The topological polar surface area (TPSA) is 449 Å². The summed E-state index contributed by atoms with van der Waals surface area (Å²) in [5.41, 5.74) is 5.32. The Kier molecular flexibility index (Phi) is 23.0. The Labute approximate surface area is 449 Å². The first-order valence-corrected chi connectivity index (χ1v) is 25.9. The van der Waals surface area contributed by atoms with E-state index in [-0.39, 0.29) is 25.9 Å². The minimum Gasteiger partial charge on any atom is -0.394 e. The smallest absolute Gasteiger partial charge is 0.246 e. The number of aliphatic hydroxyl groups is 6. The van der Waals surface area contributed by atoms with Crippen LogP contribution in [0.25, 0.3) is 0 Å². The lowest BCUT2D eigenvalue weighted by Crippen LogP contribution is -2.70. The molecule has 0 radical (unpaired) electrons. The van der Waals surface area contributed by atoms with Gasteiger partial charge in [0.1, 0.15) is 85.0 Å². The predicted molar refractivity (Wildman–Crippen MR) is 264 cm³/mol. The molecule has 5 aliphatic heterocycles. The number of carbonyl (C=O) groups is 10. The highest BCUT2D eigenvalue weighted by Crippen LogP contribution is 2.31. The Morgan fingerprint density at radius 1 is 0.654 bits per heavy atom. The Hall–Kier alpha value is -5.74. The van der Waals surface area contributed by atoms with Crippen LogP contribution >= 0.6 is 0 Å². The van der Waals surface area contributed by atoms with Crippen LogP contribution in [0.1, 0.15) is 73.1 Å². The maximum absolute atomic E-state index is 14.6. The third kappa shape index (κ3) is 15.5. The highest BCUT2D eigenvalue weighted by atomic mass is 16.7. The average molecular weight is 1120 g/mol. The molecule has 5 rings (SSSR count). The summed E-state index contributed by atoms with van der Waals surface area (Å²) in [4.78, 5) is 137. The summed E-state index contributed by atoms with van der Waals surface area (Å²) in [6.45, 7) is 3.52. The van der Waals surface area contributed by atoms with Gasteiger partial charge in [-0.05, 0) is 72.9 Å². The summed E-state index contributed by atoms with van der Waals surface area (Å²) < 4.78 is 23.9. The first kappa shape index (κ1) is 63.1. The summed E-state index contributed by atoms with van der Waals surface area (Å²) in [6.07, 6.45) is -13.0. The number of aliphatic hydroxyl groups excluding tert-OH is 6. The molecule has 0 bridgehead atoms. The van der Waals surface area contributed by atoms with Gasteiger partial charge in [0, 0.05) is 26.9 Å². The Morgan fingerprint density at radius 2 is 1.23 bits per heavy atom. The minimum absolute atomic E-state index is 0.0660. The summed E-state index contributed by atoms with van der Waals surface area (Å²) in [5, 5.41) is 80.9. The number of rotatable bonds is 23. The fourth-order valence-electron chi connectivity index (χ4n) is 10.2. The molecule has 0 aliphatic carbocycles. The summed E-state index contributed by atoms with van der Waals surface area (Å²) >= 11 is 0. The van der Waals surface area contributed by atoms with Crippen LogP contribution in [0.2, 0.25) is 0 Å². The molecule has 10 amide bonds. The van der Waals surface area contributed by atoms with E-state index in [9.17, 15) is 78.6 Å². The quantitative estimate of drug-likeness (QED) is 0.0452. The van der Waals surface area contributed by atoms with Crippen molar-refractivity contribution in [1.29, 1.82) is 0 Å². The van der Waals surface area contributed by atoms with Gasteiger partial charge in [-0.3, -0.25) is 52.8 Å². The second kappa shape index (κ2) is 28.4. The van der Waals surface area contributed by atoms with Gasteiger partial charge in [-0.2, -0.15) is 0 Å². The number of ether oxygens (including phenoxy) is 4. The van der Waals surface area contributed by atoms with Crippen molar-refractivity contribution < 1.29 is 97.5 Å². The maximum atomic E-state index is 14.6. The monoisotopic (exact) mass is 1120 g/mol. The molecule has 0 spiro atoms. The molecule has 15 N–H and O–H groups in total. The maximum Gasteiger partial charge on any atom is 0.246 e. The highest BCUT2D eigenvalue weighted by Gasteiger charge is 2.53. The van der Waals surface area contributed by atoms with Crippen LogP contribution in [-0.4, -0.2) is 267 Å². The van der Waals surface area contributed by atoms with Gasteiger partial charge in [-0.1, -0.05) is 0 Å². The van der Waals surface area contributed by atoms with E-state index in [0.717, 1.165) is 20.3 Å². The number of nitrogens with zero attached hydrogens (tertiary/aromatic N) is 3. The number of carbonyl (C=O) groups excluding carboxylic acids is 10. The van der Waals surface area contributed by atoms with Crippen LogP contribution in [-0.2, 0) is 66.9 Å². The number of likely N-dealkylation sites (tertiary alicyclic amines) is 3. The fraction of sp³-hybridized carbons (Fsp3) is 0.787. The van der Waals surface area contributed by atoms with Gasteiger partial charge >= 0.3 is 0 Å². The van der Waals surface area contributed by atoms with Gasteiger partial charge in [0.25, 0.3) is 0 Å². The largest absolute Gasteiger partial charge is 0.394 e. The third-order valence-electron chi connectivity index (χ3n) is 14.4. The van der Waals surface area contributed by atoms with E-state index in [1.807, 2.05) is 0 Å². The number of hydrogen-bond donors (Lipinski definition) is 14. The SMILES string of the molecule is CC(=O)N[C@@H]1C(O)[C@@H](O)C(CO)O[C@H]1OC1[C@@H](O)C(CO)O[C@@H](OC(C)C(NC(=O)C(CO)NC(=O)CNC(=O)C2CCCN2C)C(=O)NC(C)C(=O)N2CCCC2C(=O)N2CCCC2C(=O)NC(C)C(N)=O)[C@@H]1NC(C)=O. The van der Waals surface area contributed by atoms with Crippen LogP contribution < -0.4 is 43.0 Å². The van der Waals surface area contributed by atoms with Gasteiger partial charge in [-0.25, -0.2) is 0 Å². The number of hydrogen-bond acceptors (Lipinski definition) is 21. The van der Waals surface area contributed by atoms with Crippen molar-refractivity contribution in [1.82, 2.24) is 51.9 Å². The van der Waals surface area contributed by atoms with E-state index in [4.69, 9.17) is 24.7 Å². The molecule has 31 heteroatoms. The molecule has 0 aromatic heterocycles. The Morgan fingerprint density at radius 3 is 1.82 bits per heavy atom. The van der Waals surface area contributed by atoms with Gasteiger partial charge < -0.3 is 102 Å². The molecule has 0 aromatic rings. The zero-order valence-corrected chi connectivity index (χ0v) is 44.4. The normalized spacial score (nSPS) is 31.2. The molecule has 12 unspecified atom stereocenters. The average Bonchev–Trinajstić information content (AvgIpc) is 4.25. The first-order valence-electron chi connectivity index (χ1n) is 25.9. The van der Waals surface area contributed by atoms with Crippen molar-refractivity contribution in [2.45, 2.75) is 183 Å². The van der Waals surface area contributed by atoms with Crippen LogP contribution in [0.3, 0.4) is 0 Å². The number of likely N-dealkylation sites (N-methyl/N-ethyl adjacent to an activating group) is 1. The second-order valence-electron chi connectivity index (χ2n) is 20.2. The van der Waals surface area contributed by atoms with Crippen LogP contribution in [0.4, 0.5) is 0 Å². The Balaban J connectivity index is 1.41. The number of nitrogens with one attached hydrogen (secondary N) is 7. The number of primary amides is 1. The molecule has 0 saturated carbocycles. The van der Waals surface area contributed by atoms with Crippen molar-refractivity contribution in [2.24, 2.45) is 5.73 Å². The van der Waals surface area contributed by atoms with Gasteiger partial charge in [0.15, 0.2) is 12.6 Å². The second-order valence-corrected chi connectivity index (χ2v) is 20.2. The van der Waals surface area contributed by atoms with E-state index in [2.05, 4.69) is 37.2 Å². The van der Waals surface area contributed by atoms with Gasteiger partial charge in [0.2, 0.25) is 59.1 Å². The summed E-state index contributed by atoms with van der Waals surface area (Å²) in [7, 11) is 1.75. The molecule has 5 saturated heterocycles. The molecular weight excluding hydrogens is 1040 g/mol. The molecule has 78 heavy (non-hydrogen) atoms. The molecule has 5 fully saturated rings. The van der Waals surface area contributed by atoms with E-state index in [0.29, 0.717) is 25.8 Å². The van der Waals surface area contributed by atoms with E-state index in [1.54, 1.807) is 11.9 Å². The highest BCUT2D eigenvalue weighted by molar-refractivity contribution is 5.98. The summed E-state index contributed by atoms with van der Waals surface area (Å²) in [5.74, 6) is -7.87. The number of nitrogens with two attached hydrogens (primary N) is 1. The van der Waals surface area contributed by atoms with Crippen LogP contribution in [0.15, 0.2) is 0 Å². The molecule has 18 atom stereocenters. The van der Waals surface area contributed by atoms with Gasteiger partial charge in [-0.15, -0.1) is 0 Å². The summed E-state index contributed by atoms with van der Waals surface area (Å²) in [6, 6.07) is -11.9. The van der Waals surface area contributed by atoms with E-state index >= 15 is 0 Å². The molecule has 5 heterocycles. The molecule has 0 aromatic carbocycles. The van der Waals surface area contributed by atoms with Crippen LogP contribution in [0, 0.1) is 0 Å². The predicted octanol–water partition coefficient (Wildman–Crippen LogP) is -9.05. The van der Waals surface area contributed by atoms with Crippen molar-refractivity contribution in [2.75, 3.05) is 53.0 Å². The lowest BCUT2D eigenvalue weighted by atomic mass is 9.94. The zero-order chi connectivity index (χ0) is 57.9. The lowest BCUT2D eigenvalue weighted by molar-refractivity contribution is -0.332. The number of amides is 10. The molecule has 5 aliphatic rings. The van der Waals surface area contributed by atoms with Crippen molar-refractivity contribution in [3.63, 3.8) is 0 Å². The molecular formula is C47H77N11O20. The van der Waals surface area contributed by atoms with Gasteiger partial charge in [0.05, 0.1) is 38.5 Å². The van der Waals surface area contributed by atoms with E-state index < -0.39 is 195 Å². The van der Waals surface area contributed by atoms with Crippen LogP contribution in [0.5, 0.6) is 0 Å². The minimum atomic E-state index is -1.92. The fourth-order valence-corrected chi connectivity index (χ4v) is 10.2. The lowest BCUT2D eigenvalue weighted by Gasteiger charge is -2.48. The first-order chi connectivity index (χ1) is 36.8. The van der Waals surface area contributed by atoms with Crippen molar-refractivity contribution in [3.05, 3.63) is 0 Å².